The van der Waals surface area contributed by atoms with Crippen LogP contribution in [0.4, 0.5) is 17.2 Å². The Morgan fingerprint density at radius 2 is 1.65 bits per heavy atom. The smallest absolute Gasteiger partial charge is 0.128 e. The van der Waals surface area contributed by atoms with Crippen LogP contribution >= 0.6 is 0 Å². The molecular weight excluding hydrogens is 254 g/mol. The molecule has 3 rings (SSSR count). The van der Waals surface area contributed by atoms with Crippen LogP contribution in [0.5, 0.6) is 0 Å². The van der Waals surface area contributed by atoms with Gasteiger partial charge in [0.25, 0.3) is 0 Å². The minimum Gasteiger partial charge on any atom is -0.368 e. The Labute approximate surface area is 117 Å². The van der Waals surface area contributed by atoms with Crippen LogP contribution < -0.4 is 9.80 Å². The molecule has 102 valence electrons. The fourth-order valence-corrected chi connectivity index (χ4v) is 2.37. The van der Waals surface area contributed by atoms with Crippen molar-refractivity contribution in [1.29, 1.82) is 0 Å². The van der Waals surface area contributed by atoms with Gasteiger partial charge in [-0.1, -0.05) is 0 Å². The van der Waals surface area contributed by atoms with Crippen LogP contribution in [0.3, 0.4) is 0 Å². The van der Waals surface area contributed by atoms with Gasteiger partial charge >= 0.3 is 0 Å². The normalized spacial score (nSPS) is 15.2. The highest BCUT2D eigenvalue weighted by molar-refractivity contribution is 5.49. The van der Waals surface area contributed by atoms with Gasteiger partial charge in [-0.25, -0.2) is 4.98 Å². The highest BCUT2D eigenvalue weighted by Crippen LogP contribution is 2.20. The third kappa shape index (κ3) is 2.59. The minimum absolute atomic E-state index is 0.365. The molecule has 2 aromatic rings. The van der Waals surface area contributed by atoms with E-state index in [-0.39, 0.29) is 0 Å². The zero-order valence-corrected chi connectivity index (χ0v) is 11.0. The van der Waals surface area contributed by atoms with Crippen LogP contribution in [0.25, 0.3) is 0 Å². The summed E-state index contributed by atoms with van der Waals surface area (Å²) in [6.45, 7) is 3.70. The van der Waals surface area contributed by atoms with E-state index in [4.69, 9.17) is 0 Å². The van der Waals surface area contributed by atoms with Crippen molar-refractivity contribution in [3.05, 3.63) is 47.8 Å². The second kappa shape index (κ2) is 5.64. The molecule has 0 aliphatic carbocycles. The number of nitroso groups, excluding NO2 is 1. The van der Waals surface area contributed by atoms with Crippen LogP contribution in [-0.2, 0) is 0 Å². The summed E-state index contributed by atoms with van der Waals surface area (Å²) in [6, 6.07) is 7.60. The molecule has 0 unspecified atom stereocenters. The summed E-state index contributed by atoms with van der Waals surface area (Å²) in [5, 5.41) is 2.86. The molecule has 0 radical (unpaired) electrons. The summed E-state index contributed by atoms with van der Waals surface area (Å²) >= 11 is 0. The van der Waals surface area contributed by atoms with Gasteiger partial charge in [-0.15, -0.1) is 4.91 Å². The van der Waals surface area contributed by atoms with E-state index < -0.39 is 0 Å². The summed E-state index contributed by atoms with van der Waals surface area (Å²) in [6.07, 6.45) is 5.14. The van der Waals surface area contributed by atoms with Crippen molar-refractivity contribution < 1.29 is 0 Å². The number of nitrogens with zero attached hydrogens (tertiary/aromatic N) is 5. The zero-order chi connectivity index (χ0) is 13.8. The Balaban J connectivity index is 1.64. The first kappa shape index (κ1) is 12.5. The first-order valence-corrected chi connectivity index (χ1v) is 6.56. The number of hydrogen-bond donors (Lipinski definition) is 0. The monoisotopic (exact) mass is 269 g/mol. The van der Waals surface area contributed by atoms with Gasteiger partial charge in [-0.05, 0) is 29.4 Å². The van der Waals surface area contributed by atoms with Gasteiger partial charge in [0, 0.05) is 44.3 Å². The first-order valence-electron chi connectivity index (χ1n) is 6.56. The molecule has 0 bridgehead atoms. The number of aromatic nitrogens is 2. The van der Waals surface area contributed by atoms with E-state index >= 15 is 0 Å². The number of rotatable bonds is 3. The van der Waals surface area contributed by atoms with Gasteiger partial charge in [-0.3, -0.25) is 4.98 Å². The SMILES string of the molecule is O=Nc1ccc(N2CCN(c3ccncc3)CC2)nc1. The third-order valence-electron chi connectivity index (χ3n) is 3.47. The molecule has 0 atom stereocenters. The standard InChI is InChI=1S/C14H15N5O/c20-17-12-1-2-14(16-11-12)19-9-7-18(8-10-19)13-3-5-15-6-4-13/h1-6,11H,7-10H2. The quantitative estimate of drug-likeness (QED) is 0.799. The van der Waals surface area contributed by atoms with Gasteiger partial charge in [0.2, 0.25) is 0 Å². The number of pyridine rings is 2. The Kier molecular flexibility index (Phi) is 3.54. The highest BCUT2D eigenvalue weighted by atomic mass is 16.3. The molecule has 20 heavy (non-hydrogen) atoms. The maximum atomic E-state index is 10.4. The van der Waals surface area contributed by atoms with E-state index in [1.807, 2.05) is 30.6 Å². The number of piperazine rings is 1. The van der Waals surface area contributed by atoms with Crippen LogP contribution in [0.15, 0.2) is 48.0 Å². The summed E-state index contributed by atoms with van der Waals surface area (Å²) in [5.74, 6) is 0.895. The molecular formula is C14H15N5O. The van der Waals surface area contributed by atoms with Crippen molar-refractivity contribution in [1.82, 2.24) is 9.97 Å². The van der Waals surface area contributed by atoms with Gasteiger partial charge in [0.1, 0.15) is 11.5 Å². The van der Waals surface area contributed by atoms with Crippen molar-refractivity contribution in [3.8, 4) is 0 Å². The van der Waals surface area contributed by atoms with Crippen LogP contribution in [0, 0.1) is 4.91 Å². The molecule has 0 saturated carbocycles. The van der Waals surface area contributed by atoms with E-state index in [1.165, 1.54) is 11.9 Å². The summed E-state index contributed by atoms with van der Waals surface area (Å²) in [4.78, 5) is 23.2. The Morgan fingerprint density at radius 1 is 0.950 bits per heavy atom. The van der Waals surface area contributed by atoms with Crippen LogP contribution in [0.2, 0.25) is 0 Å². The van der Waals surface area contributed by atoms with E-state index in [0.717, 1.165) is 32.0 Å². The Morgan fingerprint density at radius 3 is 2.25 bits per heavy atom. The largest absolute Gasteiger partial charge is 0.368 e. The molecule has 1 saturated heterocycles. The predicted molar refractivity (Wildman–Crippen MR) is 78.4 cm³/mol. The first-order chi connectivity index (χ1) is 9.86. The van der Waals surface area contributed by atoms with Crippen LogP contribution in [-0.4, -0.2) is 36.1 Å². The van der Waals surface area contributed by atoms with Gasteiger partial charge < -0.3 is 9.80 Å². The summed E-state index contributed by atoms with van der Waals surface area (Å²) < 4.78 is 0. The maximum Gasteiger partial charge on any atom is 0.128 e. The van der Waals surface area contributed by atoms with Crippen molar-refractivity contribution in [2.45, 2.75) is 0 Å². The second-order valence-electron chi connectivity index (χ2n) is 4.65. The molecule has 0 spiro atoms. The predicted octanol–water partition coefficient (Wildman–Crippen LogP) is 2.20. The van der Waals surface area contributed by atoms with Crippen LogP contribution in [0.1, 0.15) is 0 Å². The maximum absolute atomic E-state index is 10.4. The van der Waals surface area contributed by atoms with Gasteiger partial charge in [0.15, 0.2) is 0 Å². The molecule has 0 amide bonds. The molecule has 6 nitrogen and oxygen atoms in total. The zero-order valence-electron chi connectivity index (χ0n) is 11.0. The second-order valence-corrected chi connectivity index (χ2v) is 4.65. The Hall–Kier alpha value is -2.50. The minimum atomic E-state index is 0.365. The number of anilines is 2. The summed E-state index contributed by atoms with van der Waals surface area (Å²) in [5.41, 5.74) is 1.57. The van der Waals surface area contributed by atoms with Crippen molar-refractivity contribution in [2.75, 3.05) is 36.0 Å². The molecule has 3 heterocycles. The molecule has 1 aliphatic rings. The van der Waals surface area contributed by atoms with E-state index in [1.54, 1.807) is 6.07 Å². The van der Waals surface area contributed by atoms with Gasteiger partial charge in [0.05, 0.1) is 6.20 Å². The fourth-order valence-electron chi connectivity index (χ4n) is 2.37. The lowest BCUT2D eigenvalue weighted by Crippen LogP contribution is -2.46. The van der Waals surface area contributed by atoms with Gasteiger partial charge in [-0.2, -0.15) is 0 Å². The number of hydrogen-bond acceptors (Lipinski definition) is 6. The molecule has 1 aliphatic heterocycles. The van der Waals surface area contributed by atoms with E-state index in [2.05, 4.69) is 24.9 Å². The average Bonchev–Trinajstić information content (AvgIpc) is 2.56. The molecule has 1 fully saturated rings. The lowest BCUT2D eigenvalue weighted by atomic mass is 10.2. The molecule has 0 N–H and O–H groups in total. The molecule has 0 aromatic carbocycles. The third-order valence-corrected chi connectivity index (χ3v) is 3.47. The lowest BCUT2D eigenvalue weighted by Gasteiger charge is -2.36. The highest BCUT2D eigenvalue weighted by Gasteiger charge is 2.18. The van der Waals surface area contributed by atoms with E-state index in [0.29, 0.717) is 5.69 Å². The average molecular weight is 269 g/mol. The van der Waals surface area contributed by atoms with Crippen molar-refractivity contribution in [2.24, 2.45) is 5.18 Å². The van der Waals surface area contributed by atoms with Crippen molar-refractivity contribution >= 4 is 17.2 Å². The molecule has 2 aromatic heterocycles. The Bertz CT molecular complexity index is 564. The van der Waals surface area contributed by atoms with Crippen molar-refractivity contribution in [3.63, 3.8) is 0 Å². The summed E-state index contributed by atoms with van der Waals surface area (Å²) in [7, 11) is 0. The van der Waals surface area contributed by atoms with E-state index in [9.17, 15) is 4.91 Å². The fraction of sp³-hybridized carbons (Fsp3) is 0.286. The lowest BCUT2D eigenvalue weighted by molar-refractivity contribution is 0.647. The molecule has 6 heteroatoms. The topological polar surface area (TPSA) is 61.7 Å².